The van der Waals surface area contributed by atoms with Crippen LogP contribution in [0.3, 0.4) is 0 Å². The van der Waals surface area contributed by atoms with E-state index >= 15 is 0 Å². The summed E-state index contributed by atoms with van der Waals surface area (Å²) in [6.07, 6.45) is -4.51. The minimum atomic E-state index is -4.51. The van der Waals surface area contributed by atoms with Gasteiger partial charge < -0.3 is 4.52 Å². The Kier molecular flexibility index (Phi) is 5.31. The van der Waals surface area contributed by atoms with Crippen LogP contribution in [0, 0.1) is 0 Å². The summed E-state index contributed by atoms with van der Waals surface area (Å²) in [6.45, 7) is 0. The van der Waals surface area contributed by atoms with Gasteiger partial charge in [0.2, 0.25) is 5.82 Å². The Bertz CT molecular complexity index is 1320. The van der Waals surface area contributed by atoms with E-state index in [1.165, 1.54) is 25.2 Å². The number of alkyl halides is 3. The molecular weight excluding hydrogens is 451 g/mol. The fourth-order valence-corrected chi connectivity index (χ4v) is 5.36. The van der Waals surface area contributed by atoms with Crippen LogP contribution >= 0.6 is 11.3 Å². The van der Waals surface area contributed by atoms with Crippen molar-refractivity contribution in [2.75, 3.05) is 11.4 Å². The zero-order valence-electron chi connectivity index (χ0n) is 15.9. The lowest BCUT2D eigenvalue weighted by atomic mass is 10.1. The number of para-hydroxylation sites is 1. The molecule has 0 aliphatic rings. The Balaban J connectivity index is 1.70. The summed E-state index contributed by atoms with van der Waals surface area (Å²) in [5.41, 5.74) is -0.276. The van der Waals surface area contributed by atoms with E-state index in [0.717, 1.165) is 27.8 Å². The van der Waals surface area contributed by atoms with Gasteiger partial charge in [-0.2, -0.15) is 18.2 Å². The van der Waals surface area contributed by atoms with Gasteiger partial charge in [-0.05, 0) is 35.7 Å². The maximum Gasteiger partial charge on any atom is 0.416 e. The SMILES string of the molecule is CN(c1ccccc1)S(=O)(=O)c1ccsc1-c1nc(-c2cccc(C(F)(F)F)c2)no1. The first-order chi connectivity index (χ1) is 14.7. The number of anilines is 1. The molecule has 0 spiro atoms. The number of aromatic nitrogens is 2. The first-order valence-electron chi connectivity index (χ1n) is 8.81. The minimum absolute atomic E-state index is 0.0388. The average molecular weight is 465 g/mol. The van der Waals surface area contributed by atoms with Gasteiger partial charge in [0.05, 0.1) is 11.3 Å². The van der Waals surface area contributed by atoms with Crippen LogP contribution in [-0.4, -0.2) is 25.6 Å². The van der Waals surface area contributed by atoms with E-state index in [1.54, 1.807) is 35.7 Å². The van der Waals surface area contributed by atoms with E-state index in [0.29, 0.717) is 5.69 Å². The normalized spacial score (nSPS) is 12.1. The van der Waals surface area contributed by atoms with Gasteiger partial charge in [-0.25, -0.2) is 8.42 Å². The molecule has 0 saturated carbocycles. The van der Waals surface area contributed by atoms with Crippen molar-refractivity contribution in [1.82, 2.24) is 10.1 Å². The molecule has 0 aliphatic carbocycles. The van der Waals surface area contributed by atoms with Crippen molar-refractivity contribution in [1.29, 1.82) is 0 Å². The first-order valence-corrected chi connectivity index (χ1v) is 11.1. The van der Waals surface area contributed by atoms with Crippen molar-refractivity contribution >= 4 is 27.0 Å². The minimum Gasteiger partial charge on any atom is -0.333 e. The van der Waals surface area contributed by atoms with E-state index in [1.807, 2.05) is 0 Å². The summed E-state index contributed by atoms with van der Waals surface area (Å²) in [7, 11) is -2.52. The highest BCUT2D eigenvalue weighted by molar-refractivity contribution is 7.93. The van der Waals surface area contributed by atoms with Crippen LogP contribution in [-0.2, 0) is 16.2 Å². The second-order valence-electron chi connectivity index (χ2n) is 6.42. The largest absolute Gasteiger partial charge is 0.416 e. The molecule has 2 aromatic heterocycles. The van der Waals surface area contributed by atoms with E-state index in [4.69, 9.17) is 4.52 Å². The van der Waals surface area contributed by atoms with E-state index in [-0.39, 0.29) is 27.1 Å². The highest BCUT2D eigenvalue weighted by Gasteiger charge is 2.31. The van der Waals surface area contributed by atoms with Gasteiger partial charge in [0, 0.05) is 12.6 Å². The Labute approximate surface area is 179 Å². The van der Waals surface area contributed by atoms with Crippen LogP contribution in [0.15, 0.2) is 75.5 Å². The number of halogens is 3. The molecule has 11 heteroatoms. The van der Waals surface area contributed by atoms with Crippen LogP contribution in [0.5, 0.6) is 0 Å². The maximum atomic E-state index is 13.1. The summed E-state index contributed by atoms with van der Waals surface area (Å²) >= 11 is 1.08. The number of hydrogen-bond donors (Lipinski definition) is 0. The summed E-state index contributed by atoms with van der Waals surface area (Å²) in [5, 5.41) is 5.30. The molecule has 2 aromatic carbocycles. The molecule has 0 bridgehead atoms. The predicted octanol–water partition coefficient (Wildman–Crippen LogP) is 5.31. The number of hydrogen-bond acceptors (Lipinski definition) is 6. The van der Waals surface area contributed by atoms with E-state index in [9.17, 15) is 21.6 Å². The van der Waals surface area contributed by atoms with Gasteiger partial charge >= 0.3 is 6.18 Å². The summed E-state index contributed by atoms with van der Waals surface area (Å²) in [5.74, 6) is -0.170. The Hall–Kier alpha value is -3.18. The van der Waals surface area contributed by atoms with Gasteiger partial charge in [0.25, 0.3) is 15.9 Å². The number of rotatable bonds is 5. The molecular formula is C20H14F3N3O3S2. The number of thiophene rings is 1. The van der Waals surface area contributed by atoms with Crippen molar-refractivity contribution < 1.29 is 26.1 Å². The molecule has 4 aromatic rings. The fourth-order valence-electron chi connectivity index (χ4n) is 2.85. The summed E-state index contributed by atoms with van der Waals surface area (Å²) in [6, 6.07) is 14.4. The standard InChI is InChI=1S/C20H14F3N3O3S2/c1-26(15-8-3-2-4-9-15)31(27,28)16-10-11-30-17(16)19-24-18(25-29-19)13-6-5-7-14(12-13)20(21,22)23/h2-12H,1H3. The summed E-state index contributed by atoms with van der Waals surface area (Å²) in [4.78, 5) is 4.30. The van der Waals surface area contributed by atoms with Gasteiger partial charge in [0.1, 0.15) is 9.77 Å². The predicted molar refractivity (Wildman–Crippen MR) is 110 cm³/mol. The van der Waals surface area contributed by atoms with Crippen molar-refractivity contribution in [3.63, 3.8) is 0 Å². The monoisotopic (exact) mass is 465 g/mol. The van der Waals surface area contributed by atoms with Crippen LogP contribution in [0.2, 0.25) is 0 Å². The lowest BCUT2D eigenvalue weighted by molar-refractivity contribution is -0.137. The zero-order valence-corrected chi connectivity index (χ0v) is 17.5. The van der Waals surface area contributed by atoms with Crippen LogP contribution < -0.4 is 4.31 Å². The Morgan fingerprint density at radius 1 is 1.03 bits per heavy atom. The average Bonchev–Trinajstić information content (AvgIpc) is 3.43. The molecule has 0 radical (unpaired) electrons. The first kappa shape index (κ1) is 21.1. The lowest BCUT2D eigenvalue weighted by Gasteiger charge is -2.19. The molecule has 0 fully saturated rings. The van der Waals surface area contributed by atoms with Crippen LogP contribution in [0.1, 0.15) is 5.56 Å². The molecule has 0 saturated heterocycles. The molecule has 31 heavy (non-hydrogen) atoms. The highest BCUT2D eigenvalue weighted by atomic mass is 32.2. The molecule has 0 aliphatic heterocycles. The lowest BCUT2D eigenvalue weighted by Crippen LogP contribution is -2.26. The van der Waals surface area contributed by atoms with E-state index < -0.39 is 21.8 Å². The quantitative estimate of drug-likeness (QED) is 0.399. The number of sulfonamides is 1. The third-order valence-corrected chi connectivity index (χ3v) is 7.32. The molecule has 6 nitrogen and oxygen atoms in total. The molecule has 4 rings (SSSR count). The maximum absolute atomic E-state index is 13.1. The fraction of sp³-hybridized carbons (Fsp3) is 0.100. The van der Waals surface area contributed by atoms with Gasteiger partial charge in [0.15, 0.2) is 0 Å². The molecule has 160 valence electrons. The van der Waals surface area contributed by atoms with Gasteiger partial charge in [-0.3, -0.25) is 4.31 Å². The Morgan fingerprint density at radius 2 is 1.77 bits per heavy atom. The van der Waals surface area contributed by atoms with Crippen LogP contribution in [0.4, 0.5) is 18.9 Å². The molecule has 0 unspecified atom stereocenters. The smallest absolute Gasteiger partial charge is 0.333 e. The topological polar surface area (TPSA) is 76.3 Å². The van der Waals surface area contributed by atoms with Crippen molar-refractivity contribution in [3.8, 4) is 22.2 Å². The van der Waals surface area contributed by atoms with Crippen molar-refractivity contribution in [2.45, 2.75) is 11.1 Å². The van der Waals surface area contributed by atoms with Crippen LogP contribution in [0.25, 0.3) is 22.2 Å². The summed E-state index contributed by atoms with van der Waals surface area (Å²) < 4.78 is 71.5. The molecule has 0 amide bonds. The second-order valence-corrected chi connectivity index (χ2v) is 9.28. The van der Waals surface area contributed by atoms with Gasteiger partial charge in [-0.1, -0.05) is 35.5 Å². The van der Waals surface area contributed by atoms with E-state index in [2.05, 4.69) is 10.1 Å². The number of nitrogens with zero attached hydrogens (tertiary/aromatic N) is 3. The van der Waals surface area contributed by atoms with Crippen molar-refractivity contribution in [3.05, 3.63) is 71.6 Å². The second kappa shape index (κ2) is 7.82. The molecule has 2 heterocycles. The third-order valence-electron chi connectivity index (χ3n) is 4.46. The van der Waals surface area contributed by atoms with Crippen molar-refractivity contribution in [2.24, 2.45) is 0 Å². The highest BCUT2D eigenvalue weighted by Crippen LogP contribution is 2.36. The van der Waals surface area contributed by atoms with Gasteiger partial charge in [-0.15, -0.1) is 11.3 Å². The number of benzene rings is 2. The Morgan fingerprint density at radius 3 is 2.48 bits per heavy atom. The molecule has 0 N–H and O–H groups in total. The zero-order chi connectivity index (χ0) is 22.2. The third kappa shape index (κ3) is 4.06. The molecule has 0 atom stereocenters.